The molecule has 1 amide bonds. The molecular weight excluding hydrogens is 432 g/mol. The van der Waals surface area contributed by atoms with E-state index in [0.717, 1.165) is 40.7 Å². The lowest BCUT2D eigenvalue weighted by molar-refractivity contribution is 0.0205. The minimum atomic E-state index is -1.04. The van der Waals surface area contributed by atoms with Crippen LogP contribution in [0.2, 0.25) is 0 Å². The van der Waals surface area contributed by atoms with Gasteiger partial charge >= 0.3 is 12.1 Å². The Hall–Kier alpha value is -3.42. The maximum atomic E-state index is 12.6. The van der Waals surface area contributed by atoms with Crippen LogP contribution in [0.3, 0.4) is 0 Å². The SMILES string of the molecule is CCc1c(C(=O)O)nc2c(c(C)nn2-c2ccccc2)c1C1CCN(C(=O)OC(C)(C)C)CC1. The van der Waals surface area contributed by atoms with Gasteiger partial charge in [0, 0.05) is 18.5 Å². The first-order valence-corrected chi connectivity index (χ1v) is 11.8. The molecule has 0 unspecified atom stereocenters. The number of rotatable bonds is 4. The molecule has 2 aromatic heterocycles. The van der Waals surface area contributed by atoms with E-state index in [2.05, 4.69) is 4.98 Å². The number of likely N-dealkylation sites (tertiary alicyclic amines) is 1. The number of aromatic nitrogens is 3. The zero-order chi connectivity index (χ0) is 24.6. The van der Waals surface area contributed by atoms with E-state index in [1.807, 2.05) is 65.0 Å². The molecule has 0 atom stereocenters. The third kappa shape index (κ3) is 4.49. The van der Waals surface area contributed by atoms with Gasteiger partial charge < -0.3 is 14.7 Å². The molecule has 1 aliphatic rings. The standard InChI is InChI=1S/C26H32N4O4/c1-6-19-21(17-12-14-29(15-13-17)25(33)34-26(3,4)5)20-16(2)28-30(18-10-8-7-9-11-18)23(20)27-22(19)24(31)32/h7-11,17H,6,12-15H2,1-5H3,(H,31,32). The molecule has 1 aliphatic heterocycles. The monoisotopic (exact) mass is 464 g/mol. The van der Waals surface area contributed by atoms with E-state index < -0.39 is 11.6 Å². The van der Waals surface area contributed by atoms with E-state index in [0.29, 0.717) is 25.2 Å². The van der Waals surface area contributed by atoms with Crippen LogP contribution in [0.4, 0.5) is 4.79 Å². The van der Waals surface area contributed by atoms with Crippen molar-refractivity contribution in [3.05, 3.63) is 52.8 Å². The summed E-state index contributed by atoms with van der Waals surface area (Å²) in [7, 11) is 0. The molecule has 8 heteroatoms. The van der Waals surface area contributed by atoms with Crippen molar-refractivity contribution in [3.63, 3.8) is 0 Å². The fourth-order valence-corrected chi connectivity index (χ4v) is 4.80. The lowest BCUT2D eigenvalue weighted by atomic mass is 9.83. The summed E-state index contributed by atoms with van der Waals surface area (Å²) in [6.45, 7) is 10.6. The number of carboxylic acids is 1. The number of hydrogen-bond donors (Lipinski definition) is 1. The molecule has 1 N–H and O–H groups in total. The molecule has 34 heavy (non-hydrogen) atoms. The van der Waals surface area contributed by atoms with Crippen molar-refractivity contribution in [1.82, 2.24) is 19.7 Å². The van der Waals surface area contributed by atoms with Gasteiger partial charge in [0.1, 0.15) is 5.60 Å². The van der Waals surface area contributed by atoms with Crippen molar-refractivity contribution in [2.45, 2.75) is 65.4 Å². The van der Waals surface area contributed by atoms with E-state index in [-0.39, 0.29) is 17.7 Å². The van der Waals surface area contributed by atoms with Crippen molar-refractivity contribution >= 4 is 23.1 Å². The number of piperidine rings is 1. The molecule has 0 radical (unpaired) electrons. The minimum absolute atomic E-state index is 0.0802. The Labute approximate surface area is 199 Å². The summed E-state index contributed by atoms with van der Waals surface area (Å²) < 4.78 is 7.27. The summed E-state index contributed by atoms with van der Waals surface area (Å²) >= 11 is 0. The maximum Gasteiger partial charge on any atom is 0.410 e. The Morgan fingerprint density at radius 1 is 1.15 bits per heavy atom. The number of pyridine rings is 1. The van der Waals surface area contributed by atoms with E-state index in [1.165, 1.54) is 0 Å². The molecule has 8 nitrogen and oxygen atoms in total. The highest BCUT2D eigenvalue weighted by atomic mass is 16.6. The van der Waals surface area contributed by atoms with Crippen molar-refractivity contribution < 1.29 is 19.4 Å². The van der Waals surface area contributed by atoms with Gasteiger partial charge in [-0.2, -0.15) is 5.10 Å². The third-order valence-corrected chi connectivity index (χ3v) is 6.25. The topological polar surface area (TPSA) is 97.5 Å². The number of benzene rings is 1. The van der Waals surface area contributed by atoms with Crippen LogP contribution in [0.1, 0.15) is 73.8 Å². The Morgan fingerprint density at radius 3 is 2.35 bits per heavy atom. The minimum Gasteiger partial charge on any atom is -0.477 e. The van der Waals surface area contributed by atoms with Gasteiger partial charge in [0.05, 0.1) is 11.4 Å². The molecule has 4 rings (SSSR count). The molecule has 1 aromatic carbocycles. The maximum absolute atomic E-state index is 12.6. The van der Waals surface area contributed by atoms with Gasteiger partial charge in [-0.3, -0.25) is 0 Å². The fraction of sp³-hybridized carbons (Fsp3) is 0.462. The van der Waals surface area contributed by atoms with Crippen molar-refractivity contribution in [2.75, 3.05) is 13.1 Å². The number of hydrogen-bond acceptors (Lipinski definition) is 5. The molecule has 3 aromatic rings. The summed E-state index contributed by atoms with van der Waals surface area (Å²) in [6.07, 6.45) is 1.70. The summed E-state index contributed by atoms with van der Waals surface area (Å²) in [5.41, 5.74) is 3.52. The third-order valence-electron chi connectivity index (χ3n) is 6.25. The number of para-hydroxylation sites is 1. The number of amides is 1. The second kappa shape index (κ2) is 9.08. The van der Waals surface area contributed by atoms with Gasteiger partial charge in [-0.15, -0.1) is 0 Å². The molecule has 0 bridgehead atoms. The van der Waals surface area contributed by atoms with Crippen molar-refractivity contribution in [3.8, 4) is 5.69 Å². The highest BCUT2D eigenvalue weighted by molar-refractivity contribution is 5.94. The van der Waals surface area contributed by atoms with Crippen molar-refractivity contribution in [2.24, 2.45) is 0 Å². The molecule has 1 saturated heterocycles. The van der Waals surface area contributed by atoms with E-state index in [4.69, 9.17) is 9.84 Å². The summed E-state index contributed by atoms with van der Waals surface area (Å²) in [6, 6.07) is 9.63. The number of carbonyl (C=O) groups is 2. The summed E-state index contributed by atoms with van der Waals surface area (Å²) in [5, 5.41) is 15.7. The average molecular weight is 465 g/mol. The highest BCUT2D eigenvalue weighted by Gasteiger charge is 2.32. The van der Waals surface area contributed by atoms with Crippen LogP contribution in [-0.2, 0) is 11.2 Å². The van der Waals surface area contributed by atoms with Gasteiger partial charge in [-0.25, -0.2) is 19.3 Å². The van der Waals surface area contributed by atoms with Gasteiger partial charge in [-0.05, 0) is 76.1 Å². The Kier molecular flexibility index (Phi) is 6.34. The molecule has 1 fully saturated rings. The van der Waals surface area contributed by atoms with Gasteiger partial charge in [-0.1, -0.05) is 25.1 Å². The normalized spacial score (nSPS) is 15.0. The number of fused-ring (bicyclic) bond motifs is 1. The van der Waals surface area contributed by atoms with E-state index >= 15 is 0 Å². The van der Waals surface area contributed by atoms with Crippen molar-refractivity contribution in [1.29, 1.82) is 0 Å². The van der Waals surface area contributed by atoms with Crippen LogP contribution in [0, 0.1) is 6.92 Å². The van der Waals surface area contributed by atoms with Gasteiger partial charge in [0.15, 0.2) is 11.3 Å². The Morgan fingerprint density at radius 2 is 1.79 bits per heavy atom. The number of ether oxygens (including phenoxy) is 1. The fourth-order valence-electron chi connectivity index (χ4n) is 4.80. The van der Waals surface area contributed by atoms with E-state index in [1.54, 1.807) is 9.58 Å². The highest BCUT2D eigenvalue weighted by Crippen LogP contribution is 2.39. The number of nitrogens with zero attached hydrogens (tertiary/aromatic N) is 4. The van der Waals surface area contributed by atoms with Crippen LogP contribution < -0.4 is 0 Å². The molecule has 0 aliphatic carbocycles. The van der Waals surface area contributed by atoms with Gasteiger partial charge in [0.25, 0.3) is 0 Å². The molecule has 0 spiro atoms. The van der Waals surface area contributed by atoms with E-state index in [9.17, 15) is 14.7 Å². The second-order valence-electron chi connectivity index (χ2n) is 9.78. The number of aryl methyl sites for hydroxylation is 1. The zero-order valence-corrected chi connectivity index (χ0v) is 20.5. The van der Waals surface area contributed by atoms with Crippen LogP contribution in [-0.4, -0.2) is 55.5 Å². The van der Waals surface area contributed by atoms with Crippen LogP contribution in [0.15, 0.2) is 30.3 Å². The predicted octanol–water partition coefficient (Wildman–Crippen LogP) is 5.10. The molecule has 0 saturated carbocycles. The number of aromatic carboxylic acids is 1. The lowest BCUT2D eigenvalue weighted by Gasteiger charge is -2.34. The first-order chi connectivity index (χ1) is 16.1. The van der Waals surface area contributed by atoms with Crippen LogP contribution in [0.5, 0.6) is 0 Å². The molecular formula is C26H32N4O4. The first-order valence-electron chi connectivity index (χ1n) is 11.8. The zero-order valence-electron chi connectivity index (χ0n) is 20.5. The first kappa shape index (κ1) is 23.7. The lowest BCUT2D eigenvalue weighted by Crippen LogP contribution is -2.41. The summed E-state index contributed by atoms with van der Waals surface area (Å²) in [4.78, 5) is 31.1. The van der Waals surface area contributed by atoms with Crippen LogP contribution in [0.25, 0.3) is 16.7 Å². The second-order valence-corrected chi connectivity index (χ2v) is 9.78. The largest absolute Gasteiger partial charge is 0.477 e. The Bertz CT molecular complexity index is 1220. The number of carboxylic acid groups (broad SMARTS) is 1. The predicted molar refractivity (Wildman–Crippen MR) is 130 cm³/mol. The smallest absolute Gasteiger partial charge is 0.410 e. The average Bonchev–Trinajstić information content (AvgIpc) is 3.13. The summed E-state index contributed by atoms with van der Waals surface area (Å²) in [5.74, 6) is -0.936. The molecule has 3 heterocycles. The quantitative estimate of drug-likeness (QED) is 0.577. The number of carbonyl (C=O) groups excluding carboxylic acids is 1. The Balaban J connectivity index is 1.79. The van der Waals surface area contributed by atoms with Gasteiger partial charge in [0.2, 0.25) is 0 Å². The molecule has 180 valence electrons. The van der Waals surface area contributed by atoms with Crippen LogP contribution >= 0.6 is 0 Å².